The van der Waals surface area contributed by atoms with E-state index in [-0.39, 0.29) is 11.9 Å². The van der Waals surface area contributed by atoms with Crippen LogP contribution in [0, 0.1) is 0 Å². The number of halogens is 1. The molecule has 4 aromatic rings. The summed E-state index contributed by atoms with van der Waals surface area (Å²) < 4.78 is 6.26. The van der Waals surface area contributed by atoms with Crippen molar-refractivity contribution in [1.29, 1.82) is 0 Å². The first kappa shape index (κ1) is 21.1. The van der Waals surface area contributed by atoms with Gasteiger partial charge in [-0.3, -0.25) is 4.79 Å². The van der Waals surface area contributed by atoms with Crippen LogP contribution in [-0.2, 0) is 0 Å². The topological polar surface area (TPSA) is 51.2 Å². The molecule has 0 aliphatic rings. The largest absolute Gasteiger partial charge is 0.497 e. The number of aromatic nitrogens is 1. The van der Waals surface area contributed by atoms with Gasteiger partial charge in [-0.05, 0) is 48.4 Å². The predicted molar refractivity (Wildman–Crippen MR) is 128 cm³/mol. The van der Waals surface area contributed by atoms with Gasteiger partial charge in [0, 0.05) is 15.4 Å². The van der Waals surface area contributed by atoms with Gasteiger partial charge in [0.2, 0.25) is 0 Å². The molecule has 1 heterocycles. The van der Waals surface area contributed by atoms with Crippen molar-refractivity contribution in [3.05, 3.63) is 94.5 Å². The van der Waals surface area contributed by atoms with Gasteiger partial charge in [-0.25, -0.2) is 4.98 Å². The lowest BCUT2D eigenvalue weighted by Crippen LogP contribution is -2.28. The Morgan fingerprint density at radius 3 is 2.58 bits per heavy atom. The highest BCUT2D eigenvalue weighted by atomic mass is 79.9. The Balaban J connectivity index is 1.79. The molecule has 0 unspecified atom stereocenters. The highest BCUT2D eigenvalue weighted by Crippen LogP contribution is 2.29. The summed E-state index contributed by atoms with van der Waals surface area (Å²) in [6.45, 7) is 2.07. The minimum Gasteiger partial charge on any atom is -0.497 e. The van der Waals surface area contributed by atoms with Gasteiger partial charge in [-0.1, -0.05) is 65.3 Å². The van der Waals surface area contributed by atoms with E-state index in [2.05, 4.69) is 28.2 Å². The van der Waals surface area contributed by atoms with E-state index in [1.165, 1.54) is 0 Å². The van der Waals surface area contributed by atoms with Crippen LogP contribution in [-0.4, -0.2) is 18.0 Å². The lowest BCUT2D eigenvalue weighted by molar-refractivity contribution is 0.0937. The summed E-state index contributed by atoms with van der Waals surface area (Å²) in [4.78, 5) is 18.2. The van der Waals surface area contributed by atoms with Crippen LogP contribution in [0.25, 0.3) is 22.2 Å². The van der Waals surface area contributed by atoms with Crippen LogP contribution in [0.1, 0.15) is 35.3 Å². The Labute approximate surface area is 190 Å². The Kier molecular flexibility index (Phi) is 6.33. The first-order valence-corrected chi connectivity index (χ1v) is 11.0. The summed E-state index contributed by atoms with van der Waals surface area (Å²) in [5.74, 6) is 0.627. The average Bonchev–Trinajstić information content (AvgIpc) is 2.82. The lowest BCUT2D eigenvalue weighted by atomic mass is 10.0. The van der Waals surface area contributed by atoms with Crippen molar-refractivity contribution in [2.45, 2.75) is 19.4 Å². The number of amides is 1. The molecule has 156 valence electrons. The quantitative estimate of drug-likeness (QED) is 0.344. The summed E-state index contributed by atoms with van der Waals surface area (Å²) in [5, 5.41) is 4.01. The number of carbonyl (C=O) groups is 1. The zero-order chi connectivity index (χ0) is 21.8. The normalized spacial score (nSPS) is 11.8. The van der Waals surface area contributed by atoms with Crippen LogP contribution in [0.3, 0.4) is 0 Å². The number of benzene rings is 3. The molecule has 31 heavy (non-hydrogen) atoms. The van der Waals surface area contributed by atoms with E-state index in [1.807, 2.05) is 78.9 Å². The molecule has 1 N–H and O–H groups in total. The van der Waals surface area contributed by atoms with Crippen LogP contribution in [0.15, 0.2) is 83.3 Å². The third kappa shape index (κ3) is 4.62. The van der Waals surface area contributed by atoms with E-state index in [4.69, 9.17) is 9.72 Å². The summed E-state index contributed by atoms with van der Waals surface area (Å²) in [7, 11) is 1.64. The highest BCUT2D eigenvalue weighted by Gasteiger charge is 2.18. The molecule has 0 radical (unpaired) electrons. The number of rotatable bonds is 6. The van der Waals surface area contributed by atoms with Crippen molar-refractivity contribution in [1.82, 2.24) is 10.3 Å². The molecule has 0 fully saturated rings. The van der Waals surface area contributed by atoms with Gasteiger partial charge in [0.1, 0.15) is 5.75 Å². The van der Waals surface area contributed by atoms with Gasteiger partial charge in [0.25, 0.3) is 5.91 Å². The molecule has 0 aliphatic heterocycles. The average molecular weight is 475 g/mol. The molecular formula is C26H23BrN2O2. The molecule has 5 heteroatoms. The smallest absolute Gasteiger partial charge is 0.252 e. The molecule has 0 saturated carbocycles. The van der Waals surface area contributed by atoms with E-state index in [9.17, 15) is 4.79 Å². The van der Waals surface area contributed by atoms with E-state index < -0.39 is 0 Å². The minimum absolute atomic E-state index is 0.0654. The summed E-state index contributed by atoms with van der Waals surface area (Å²) in [6.07, 6.45) is 0.797. The monoisotopic (exact) mass is 474 g/mol. The molecule has 0 saturated heterocycles. The number of pyridine rings is 1. The third-order valence-corrected chi connectivity index (χ3v) is 5.79. The zero-order valence-corrected chi connectivity index (χ0v) is 19.0. The van der Waals surface area contributed by atoms with Crippen molar-refractivity contribution in [2.24, 2.45) is 0 Å². The minimum atomic E-state index is -0.120. The fourth-order valence-electron chi connectivity index (χ4n) is 3.66. The summed E-state index contributed by atoms with van der Waals surface area (Å²) in [6, 6.07) is 25.3. The van der Waals surface area contributed by atoms with E-state index >= 15 is 0 Å². The SMILES string of the molecule is CC[C@H](NC(=O)c1cc(-c2cccc(OC)c2)nc2ccc(Br)cc12)c1ccccc1. The second kappa shape index (κ2) is 9.31. The number of hydrogen-bond donors (Lipinski definition) is 1. The number of hydrogen-bond acceptors (Lipinski definition) is 3. The van der Waals surface area contributed by atoms with Crippen LogP contribution in [0.2, 0.25) is 0 Å². The first-order chi connectivity index (χ1) is 15.1. The fourth-order valence-corrected chi connectivity index (χ4v) is 4.02. The lowest BCUT2D eigenvalue weighted by Gasteiger charge is -2.19. The molecule has 0 spiro atoms. The number of fused-ring (bicyclic) bond motifs is 1. The van der Waals surface area contributed by atoms with Crippen molar-refractivity contribution >= 4 is 32.7 Å². The Morgan fingerprint density at radius 2 is 1.84 bits per heavy atom. The maximum atomic E-state index is 13.4. The van der Waals surface area contributed by atoms with Gasteiger partial charge in [0.15, 0.2) is 0 Å². The van der Waals surface area contributed by atoms with Crippen LogP contribution < -0.4 is 10.1 Å². The van der Waals surface area contributed by atoms with E-state index in [0.717, 1.165) is 44.4 Å². The standard InChI is InChI=1S/C26H23BrN2O2/c1-3-23(17-8-5-4-6-9-17)29-26(30)22-16-25(18-10-7-11-20(14-18)31-2)28-24-13-12-19(27)15-21(22)24/h4-16,23H,3H2,1-2H3,(H,29,30)/t23-/m0/s1. The second-order valence-electron chi connectivity index (χ2n) is 7.29. The van der Waals surface area contributed by atoms with Gasteiger partial charge in [0.05, 0.1) is 29.9 Å². The van der Waals surface area contributed by atoms with Crippen molar-refractivity contribution in [3.8, 4) is 17.0 Å². The Morgan fingerprint density at radius 1 is 1.03 bits per heavy atom. The first-order valence-electron chi connectivity index (χ1n) is 10.2. The van der Waals surface area contributed by atoms with Gasteiger partial charge in [-0.2, -0.15) is 0 Å². The van der Waals surface area contributed by atoms with Crippen LogP contribution >= 0.6 is 15.9 Å². The molecular weight excluding hydrogens is 452 g/mol. The fraction of sp³-hybridized carbons (Fsp3) is 0.154. The van der Waals surface area contributed by atoms with E-state index in [1.54, 1.807) is 7.11 Å². The molecule has 1 aromatic heterocycles. The van der Waals surface area contributed by atoms with Crippen molar-refractivity contribution in [3.63, 3.8) is 0 Å². The summed E-state index contributed by atoms with van der Waals surface area (Å²) >= 11 is 3.52. The molecule has 0 bridgehead atoms. The Bertz CT molecular complexity index is 1220. The molecule has 4 nitrogen and oxygen atoms in total. The van der Waals surface area contributed by atoms with Gasteiger partial charge >= 0.3 is 0 Å². The summed E-state index contributed by atoms with van der Waals surface area (Å²) in [5.41, 5.74) is 4.07. The number of nitrogens with zero attached hydrogens (tertiary/aromatic N) is 1. The molecule has 1 amide bonds. The molecule has 4 rings (SSSR count). The van der Waals surface area contributed by atoms with Gasteiger partial charge < -0.3 is 10.1 Å². The third-order valence-electron chi connectivity index (χ3n) is 5.30. The second-order valence-corrected chi connectivity index (χ2v) is 8.21. The number of ether oxygens (including phenoxy) is 1. The highest BCUT2D eigenvalue weighted by molar-refractivity contribution is 9.10. The van der Waals surface area contributed by atoms with Crippen molar-refractivity contribution in [2.75, 3.05) is 7.11 Å². The maximum absolute atomic E-state index is 13.4. The van der Waals surface area contributed by atoms with Crippen molar-refractivity contribution < 1.29 is 9.53 Å². The number of methoxy groups -OCH3 is 1. The van der Waals surface area contributed by atoms with Crippen LogP contribution in [0.5, 0.6) is 5.75 Å². The van der Waals surface area contributed by atoms with Gasteiger partial charge in [-0.15, -0.1) is 0 Å². The molecule has 0 aliphatic carbocycles. The number of carbonyl (C=O) groups excluding carboxylic acids is 1. The molecule has 3 aromatic carbocycles. The van der Waals surface area contributed by atoms with Crippen LogP contribution in [0.4, 0.5) is 0 Å². The molecule has 1 atom stereocenters. The maximum Gasteiger partial charge on any atom is 0.252 e. The zero-order valence-electron chi connectivity index (χ0n) is 17.4. The Hall–Kier alpha value is -3.18. The van der Waals surface area contributed by atoms with E-state index in [0.29, 0.717) is 5.56 Å². The predicted octanol–water partition coefficient (Wildman–Crippen LogP) is 6.55. The number of nitrogens with one attached hydrogen (secondary N) is 1.